The molecule has 1 aromatic rings. The van der Waals surface area contributed by atoms with Gasteiger partial charge in [-0.3, -0.25) is 14.5 Å². The SMILES string of the molecule is CC(=O)c1ccc(N2CCN(CC(=O)N[C@@H]3CCCC[C@H]3C)CC2)cc1. The standard InChI is InChI=1S/C21H31N3O2/c1-16-5-3-4-6-20(16)22-21(26)15-23-11-13-24(14-12-23)19-9-7-18(8-10-19)17(2)25/h7-10,16,20H,3-6,11-15H2,1-2H3,(H,22,26)/t16-,20-/m1/s1. The first-order chi connectivity index (χ1) is 12.5. The molecule has 1 heterocycles. The molecule has 0 radical (unpaired) electrons. The average molecular weight is 357 g/mol. The molecule has 1 saturated heterocycles. The second kappa shape index (κ2) is 8.67. The number of nitrogens with zero attached hydrogens (tertiary/aromatic N) is 2. The summed E-state index contributed by atoms with van der Waals surface area (Å²) in [5.74, 6) is 0.866. The van der Waals surface area contributed by atoms with Gasteiger partial charge in [0.05, 0.1) is 6.54 Å². The van der Waals surface area contributed by atoms with E-state index >= 15 is 0 Å². The lowest BCUT2D eigenvalue weighted by atomic mass is 9.86. The lowest BCUT2D eigenvalue weighted by molar-refractivity contribution is -0.123. The number of carbonyl (C=O) groups excluding carboxylic acids is 2. The summed E-state index contributed by atoms with van der Waals surface area (Å²) in [4.78, 5) is 28.3. The Morgan fingerprint density at radius 1 is 1.04 bits per heavy atom. The van der Waals surface area contributed by atoms with Gasteiger partial charge in [-0.25, -0.2) is 0 Å². The van der Waals surface area contributed by atoms with E-state index in [0.717, 1.165) is 43.9 Å². The topological polar surface area (TPSA) is 52.7 Å². The fraction of sp³-hybridized carbons (Fsp3) is 0.619. The zero-order chi connectivity index (χ0) is 18.5. The van der Waals surface area contributed by atoms with Crippen LogP contribution in [0, 0.1) is 5.92 Å². The van der Waals surface area contributed by atoms with Crippen LogP contribution in [-0.4, -0.2) is 55.4 Å². The van der Waals surface area contributed by atoms with Crippen LogP contribution >= 0.6 is 0 Å². The van der Waals surface area contributed by atoms with Gasteiger partial charge in [0.2, 0.25) is 5.91 Å². The molecule has 1 N–H and O–H groups in total. The van der Waals surface area contributed by atoms with E-state index in [1.54, 1.807) is 6.92 Å². The number of carbonyl (C=O) groups is 2. The van der Waals surface area contributed by atoms with Crippen molar-refractivity contribution in [2.45, 2.75) is 45.6 Å². The summed E-state index contributed by atoms with van der Waals surface area (Å²) in [7, 11) is 0. The van der Waals surface area contributed by atoms with Crippen LogP contribution in [0.15, 0.2) is 24.3 Å². The van der Waals surface area contributed by atoms with E-state index in [1.807, 2.05) is 24.3 Å². The van der Waals surface area contributed by atoms with Gasteiger partial charge in [-0.05, 0) is 49.9 Å². The fourth-order valence-electron chi connectivity index (χ4n) is 4.06. The van der Waals surface area contributed by atoms with Crippen LogP contribution in [0.2, 0.25) is 0 Å². The summed E-state index contributed by atoms with van der Waals surface area (Å²) in [6.07, 6.45) is 4.88. The minimum atomic E-state index is 0.0969. The third kappa shape index (κ3) is 4.85. The third-order valence-corrected chi connectivity index (χ3v) is 5.84. The Morgan fingerprint density at radius 3 is 2.31 bits per heavy atom. The van der Waals surface area contributed by atoms with E-state index in [0.29, 0.717) is 18.5 Å². The second-order valence-corrected chi connectivity index (χ2v) is 7.80. The summed E-state index contributed by atoms with van der Waals surface area (Å²) >= 11 is 0. The summed E-state index contributed by atoms with van der Waals surface area (Å²) < 4.78 is 0. The number of rotatable bonds is 5. The lowest BCUT2D eigenvalue weighted by Gasteiger charge is -2.36. The van der Waals surface area contributed by atoms with Gasteiger partial charge in [0.15, 0.2) is 5.78 Å². The Morgan fingerprint density at radius 2 is 1.69 bits per heavy atom. The van der Waals surface area contributed by atoms with E-state index in [9.17, 15) is 9.59 Å². The number of benzene rings is 1. The first kappa shape index (κ1) is 18.9. The zero-order valence-corrected chi connectivity index (χ0v) is 16.0. The quantitative estimate of drug-likeness (QED) is 0.823. The maximum atomic E-state index is 12.4. The highest BCUT2D eigenvalue weighted by molar-refractivity contribution is 5.94. The Hall–Kier alpha value is -1.88. The van der Waals surface area contributed by atoms with E-state index in [1.165, 1.54) is 19.3 Å². The number of nitrogens with one attached hydrogen (secondary N) is 1. The van der Waals surface area contributed by atoms with Crippen LogP contribution in [0.1, 0.15) is 49.9 Å². The van der Waals surface area contributed by atoms with Gasteiger partial charge in [0.25, 0.3) is 0 Å². The molecule has 0 unspecified atom stereocenters. The minimum absolute atomic E-state index is 0.0969. The van der Waals surface area contributed by atoms with E-state index in [2.05, 4.69) is 22.0 Å². The van der Waals surface area contributed by atoms with Crippen molar-refractivity contribution in [3.8, 4) is 0 Å². The Bertz CT molecular complexity index is 621. The fourth-order valence-corrected chi connectivity index (χ4v) is 4.06. The van der Waals surface area contributed by atoms with Crippen molar-refractivity contribution in [1.82, 2.24) is 10.2 Å². The predicted octanol–water partition coefficient (Wildman–Crippen LogP) is 2.71. The Kier molecular flexibility index (Phi) is 6.30. The van der Waals surface area contributed by atoms with Gasteiger partial charge in [0, 0.05) is 43.5 Å². The first-order valence-corrected chi connectivity index (χ1v) is 9.90. The molecule has 0 bridgehead atoms. The largest absolute Gasteiger partial charge is 0.369 e. The molecule has 5 nitrogen and oxygen atoms in total. The highest BCUT2D eigenvalue weighted by Crippen LogP contribution is 2.23. The molecule has 2 fully saturated rings. The molecule has 1 aliphatic heterocycles. The molecule has 1 aliphatic carbocycles. The highest BCUT2D eigenvalue weighted by atomic mass is 16.2. The Labute approximate surface area is 156 Å². The van der Waals surface area contributed by atoms with E-state index in [4.69, 9.17) is 0 Å². The number of anilines is 1. The number of piperazine rings is 1. The molecule has 3 rings (SSSR count). The summed E-state index contributed by atoms with van der Waals surface area (Å²) in [6, 6.07) is 8.18. The van der Waals surface area contributed by atoms with Crippen molar-refractivity contribution in [3.63, 3.8) is 0 Å². The van der Waals surface area contributed by atoms with Gasteiger partial charge >= 0.3 is 0 Å². The summed E-state index contributed by atoms with van der Waals surface area (Å²) in [6.45, 7) is 7.94. The molecule has 2 aliphatic rings. The minimum Gasteiger partial charge on any atom is -0.369 e. The average Bonchev–Trinajstić information content (AvgIpc) is 2.64. The van der Waals surface area contributed by atoms with Gasteiger partial charge in [-0.1, -0.05) is 19.8 Å². The molecule has 26 heavy (non-hydrogen) atoms. The van der Waals surface area contributed by atoms with E-state index < -0.39 is 0 Å². The second-order valence-electron chi connectivity index (χ2n) is 7.80. The number of ketones is 1. The number of Topliss-reactive ketones (excluding diaryl/α,β-unsaturated/α-hetero) is 1. The third-order valence-electron chi connectivity index (χ3n) is 5.84. The van der Waals surface area contributed by atoms with Crippen molar-refractivity contribution in [1.29, 1.82) is 0 Å². The first-order valence-electron chi connectivity index (χ1n) is 9.90. The number of hydrogen-bond acceptors (Lipinski definition) is 4. The molecule has 1 amide bonds. The van der Waals surface area contributed by atoms with Crippen molar-refractivity contribution in [3.05, 3.63) is 29.8 Å². The molecule has 142 valence electrons. The van der Waals surface area contributed by atoms with Gasteiger partial charge in [-0.2, -0.15) is 0 Å². The molecule has 5 heteroatoms. The summed E-state index contributed by atoms with van der Waals surface area (Å²) in [5.41, 5.74) is 1.90. The van der Waals surface area contributed by atoms with Crippen molar-refractivity contribution >= 4 is 17.4 Å². The van der Waals surface area contributed by atoms with Gasteiger partial charge in [-0.15, -0.1) is 0 Å². The van der Waals surface area contributed by atoms with Crippen LogP contribution in [-0.2, 0) is 4.79 Å². The highest BCUT2D eigenvalue weighted by Gasteiger charge is 2.24. The molecule has 2 atom stereocenters. The molecule has 0 aromatic heterocycles. The zero-order valence-electron chi connectivity index (χ0n) is 16.0. The predicted molar refractivity (Wildman–Crippen MR) is 105 cm³/mol. The Balaban J connectivity index is 1.44. The monoisotopic (exact) mass is 357 g/mol. The van der Waals surface area contributed by atoms with Crippen molar-refractivity contribution < 1.29 is 9.59 Å². The van der Waals surface area contributed by atoms with Gasteiger partial charge < -0.3 is 10.2 Å². The van der Waals surface area contributed by atoms with Gasteiger partial charge in [0.1, 0.15) is 0 Å². The van der Waals surface area contributed by atoms with Crippen LogP contribution in [0.3, 0.4) is 0 Å². The van der Waals surface area contributed by atoms with Crippen LogP contribution in [0.4, 0.5) is 5.69 Å². The maximum absolute atomic E-state index is 12.4. The van der Waals surface area contributed by atoms with Crippen molar-refractivity contribution in [2.24, 2.45) is 5.92 Å². The lowest BCUT2D eigenvalue weighted by Crippen LogP contribution is -2.51. The molecular formula is C21H31N3O2. The number of hydrogen-bond donors (Lipinski definition) is 1. The van der Waals surface area contributed by atoms with E-state index in [-0.39, 0.29) is 11.7 Å². The van der Waals surface area contributed by atoms with Crippen molar-refractivity contribution in [2.75, 3.05) is 37.6 Å². The van der Waals surface area contributed by atoms with Crippen LogP contribution in [0.5, 0.6) is 0 Å². The molecule has 1 aromatic carbocycles. The maximum Gasteiger partial charge on any atom is 0.234 e. The van der Waals surface area contributed by atoms with Crippen LogP contribution in [0.25, 0.3) is 0 Å². The molecule has 0 spiro atoms. The van der Waals surface area contributed by atoms with Crippen LogP contribution < -0.4 is 10.2 Å². The summed E-state index contributed by atoms with van der Waals surface area (Å²) in [5, 5.41) is 3.25. The molecule has 1 saturated carbocycles. The number of amides is 1. The normalized spacial score (nSPS) is 24.3. The smallest absolute Gasteiger partial charge is 0.234 e. The molecular weight excluding hydrogens is 326 g/mol.